The molecule has 0 spiro atoms. The normalized spacial score (nSPS) is 11.7. The molecule has 0 saturated heterocycles. The fraction of sp³-hybridized carbons (Fsp3) is 0.167. The monoisotopic (exact) mass is 386 g/mol. The van der Waals surface area contributed by atoms with Gasteiger partial charge < -0.3 is 0 Å². The van der Waals surface area contributed by atoms with Crippen LogP contribution in [-0.4, -0.2) is 42.4 Å². The molecule has 0 aliphatic carbocycles. The molecule has 0 bridgehead atoms. The van der Waals surface area contributed by atoms with Crippen molar-refractivity contribution in [1.82, 2.24) is 14.0 Å². The van der Waals surface area contributed by atoms with E-state index in [9.17, 15) is 18.0 Å². The van der Waals surface area contributed by atoms with Gasteiger partial charge in [-0.05, 0) is 37.3 Å². The molecular weight excluding hydrogens is 368 g/mol. The lowest BCUT2D eigenvalue weighted by molar-refractivity contribution is 0.101. The molecule has 0 saturated carbocycles. The van der Waals surface area contributed by atoms with E-state index in [2.05, 4.69) is 10.4 Å². The zero-order valence-electron chi connectivity index (χ0n) is 15.0. The van der Waals surface area contributed by atoms with E-state index in [0.717, 1.165) is 8.98 Å². The second kappa shape index (κ2) is 6.93. The van der Waals surface area contributed by atoms with Crippen LogP contribution in [0.2, 0.25) is 0 Å². The van der Waals surface area contributed by atoms with Crippen LogP contribution in [0.4, 0.5) is 0 Å². The molecular formula is C18H18N4O4S. The minimum absolute atomic E-state index is 0.0131. The molecule has 9 heteroatoms. The average Bonchev–Trinajstić information content (AvgIpc) is 2.65. The average molecular weight is 386 g/mol. The van der Waals surface area contributed by atoms with Crippen LogP contribution in [0.25, 0.3) is 10.9 Å². The van der Waals surface area contributed by atoms with Gasteiger partial charge in [-0.1, -0.05) is 18.2 Å². The lowest BCUT2D eigenvalue weighted by atomic mass is 10.2. The number of aromatic nitrogens is 2. The molecule has 1 heterocycles. The Balaban J connectivity index is 2.00. The van der Waals surface area contributed by atoms with Gasteiger partial charge in [0.1, 0.15) is 5.82 Å². The smallest absolute Gasteiger partial charge is 0.267 e. The Hall–Kier alpha value is -3.04. The van der Waals surface area contributed by atoms with Gasteiger partial charge in [0.25, 0.3) is 11.5 Å². The Labute approximate surface area is 156 Å². The number of carbonyl (C=O) groups excluding carboxylic acids is 1. The molecule has 0 aliphatic heterocycles. The van der Waals surface area contributed by atoms with Gasteiger partial charge in [0.15, 0.2) is 0 Å². The SMILES string of the molecule is Cc1nc2ccccc2c(=O)n1NC(=O)c1cccc(S(=O)(=O)N(C)C)c1. The van der Waals surface area contributed by atoms with Crippen LogP contribution in [0.15, 0.2) is 58.2 Å². The molecule has 0 radical (unpaired) electrons. The molecule has 1 N–H and O–H groups in total. The third kappa shape index (κ3) is 3.46. The summed E-state index contributed by atoms with van der Waals surface area (Å²) in [6.07, 6.45) is 0. The third-order valence-electron chi connectivity index (χ3n) is 4.03. The van der Waals surface area contributed by atoms with Crippen LogP contribution in [0, 0.1) is 6.92 Å². The van der Waals surface area contributed by atoms with E-state index in [1.54, 1.807) is 31.2 Å². The molecule has 27 heavy (non-hydrogen) atoms. The summed E-state index contributed by atoms with van der Waals surface area (Å²) < 4.78 is 26.6. The Morgan fingerprint density at radius 3 is 2.52 bits per heavy atom. The highest BCUT2D eigenvalue weighted by atomic mass is 32.2. The van der Waals surface area contributed by atoms with E-state index in [0.29, 0.717) is 16.7 Å². The number of para-hydroxylation sites is 1. The van der Waals surface area contributed by atoms with Crippen molar-refractivity contribution in [3.8, 4) is 0 Å². The maximum atomic E-state index is 12.6. The van der Waals surface area contributed by atoms with E-state index < -0.39 is 21.5 Å². The molecule has 3 aromatic rings. The number of amides is 1. The molecule has 2 aromatic carbocycles. The summed E-state index contributed by atoms with van der Waals surface area (Å²) in [4.78, 5) is 29.5. The van der Waals surface area contributed by atoms with Crippen LogP contribution in [0.5, 0.6) is 0 Å². The molecule has 8 nitrogen and oxygen atoms in total. The maximum absolute atomic E-state index is 12.6. The van der Waals surface area contributed by atoms with Crippen LogP contribution in [0.1, 0.15) is 16.2 Å². The first-order valence-electron chi connectivity index (χ1n) is 8.04. The zero-order chi connectivity index (χ0) is 19.8. The summed E-state index contributed by atoms with van der Waals surface area (Å²) in [5, 5.41) is 0.368. The molecule has 1 aromatic heterocycles. The van der Waals surface area contributed by atoms with Gasteiger partial charge in [-0.3, -0.25) is 15.0 Å². The summed E-state index contributed by atoms with van der Waals surface area (Å²) in [5.41, 5.74) is 2.72. The van der Waals surface area contributed by atoms with E-state index in [1.807, 2.05) is 0 Å². The molecule has 1 amide bonds. The molecule has 3 rings (SSSR count). The number of aryl methyl sites for hydroxylation is 1. The highest BCUT2D eigenvalue weighted by molar-refractivity contribution is 7.89. The van der Waals surface area contributed by atoms with E-state index >= 15 is 0 Å². The molecule has 0 aliphatic rings. The van der Waals surface area contributed by atoms with Gasteiger partial charge in [0.2, 0.25) is 10.0 Å². The Kier molecular flexibility index (Phi) is 4.81. The van der Waals surface area contributed by atoms with E-state index in [-0.39, 0.29) is 10.5 Å². The predicted octanol–water partition coefficient (Wildman–Crippen LogP) is 1.34. The standard InChI is InChI=1S/C18H18N4O4S/c1-12-19-16-10-5-4-9-15(16)18(24)22(12)20-17(23)13-7-6-8-14(11-13)27(25,26)21(2)3/h4-11H,1-3H3,(H,20,23). The van der Waals surface area contributed by atoms with Gasteiger partial charge in [0.05, 0.1) is 15.8 Å². The topological polar surface area (TPSA) is 101 Å². The minimum Gasteiger partial charge on any atom is -0.267 e. The van der Waals surface area contributed by atoms with Gasteiger partial charge in [-0.25, -0.2) is 22.4 Å². The van der Waals surface area contributed by atoms with Crippen molar-refractivity contribution in [1.29, 1.82) is 0 Å². The Morgan fingerprint density at radius 2 is 1.81 bits per heavy atom. The van der Waals surface area contributed by atoms with Gasteiger partial charge in [-0.2, -0.15) is 0 Å². The number of hydrogen-bond donors (Lipinski definition) is 1. The number of nitrogens with zero attached hydrogens (tertiary/aromatic N) is 3. The number of hydrogen-bond acceptors (Lipinski definition) is 5. The van der Waals surface area contributed by atoms with Crippen molar-refractivity contribution < 1.29 is 13.2 Å². The summed E-state index contributed by atoms with van der Waals surface area (Å²) in [7, 11) is -0.862. The third-order valence-corrected chi connectivity index (χ3v) is 5.84. The molecule has 0 atom stereocenters. The highest BCUT2D eigenvalue weighted by Gasteiger charge is 2.19. The number of sulfonamides is 1. The molecule has 0 fully saturated rings. The second-order valence-electron chi connectivity index (χ2n) is 6.07. The molecule has 140 valence electrons. The summed E-state index contributed by atoms with van der Waals surface area (Å²) >= 11 is 0. The second-order valence-corrected chi connectivity index (χ2v) is 8.22. The lowest BCUT2D eigenvalue weighted by Gasteiger charge is -2.14. The van der Waals surface area contributed by atoms with Crippen molar-refractivity contribution in [3.63, 3.8) is 0 Å². The van der Waals surface area contributed by atoms with Crippen LogP contribution in [0.3, 0.4) is 0 Å². The summed E-state index contributed by atoms with van der Waals surface area (Å²) in [6.45, 7) is 1.60. The number of benzene rings is 2. The largest absolute Gasteiger partial charge is 0.280 e. The zero-order valence-corrected chi connectivity index (χ0v) is 15.8. The van der Waals surface area contributed by atoms with Crippen molar-refractivity contribution in [2.75, 3.05) is 19.5 Å². The highest BCUT2D eigenvalue weighted by Crippen LogP contribution is 2.15. The van der Waals surface area contributed by atoms with Crippen LogP contribution >= 0.6 is 0 Å². The summed E-state index contributed by atoms with van der Waals surface area (Å²) in [5.74, 6) is -0.308. The fourth-order valence-corrected chi connectivity index (χ4v) is 3.50. The van der Waals surface area contributed by atoms with Crippen LogP contribution in [-0.2, 0) is 10.0 Å². The van der Waals surface area contributed by atoms with Gasteiger partial charge in [-0.15, -0.1) is 0 Å². The number of carbonyl (C=O) groups is 1. The first-order chi connectivity index (χ1) is 12.7. The first kappa shape index (κ1) is 18.7. The predicted molar refractivity (Wildman–Crippen MR) is 102 cm³/mol. The number of nitrogens with one attached hydrogen (secondary N) is 1. The molecule has 0 unspecified atom stereocenters. The first-order valence-corrected chi connectivity index (χ1v) is 9.48. The van der Waals surface area contributed by atoms with Crippen LogP contribution < -0.4 is 11.0 Å². The van der Waals surface area contributed by atoms with E-state index in [1.165, 1.54) is 38.4 Å². The van der Waals surface area contributed by atoms with Crippen molar-refractivity contribution >= 4 is 26.8 Å². The lowest BCUT2D eigenvalue weighted by Crippen LogP contribution is -2.35. The maximum Gasteiger partial charge on any atom is 0.280 e. The fourth-order valence-electron chi connectivity index (χ4n) is 2.55. The Morgan fingerprint density at radius 1 is 1.11 bits per heavy atom. The summed E-state index contributed by atoms with van der Waals surface area (Å²) in [6, 6.07) is 12.4. The van der Waals surface area contributed by atoms with Gasteiger partial charge >= 0.3 is 0 Å². The number of fused-ring (bicyclic) bond motifs is 1. The van der Waals surface area contributed by atoms with Gasteiger partial charge in [0, 0.05) is 19.7 Å². The van der Waals surface area contributed by atoms with Crippen molar-refractivity contribution in [2.24, 2.45) is 0 Å². The number of rotatable bonds is 4. The van der Waals surface area contributed by atoms with E-state index in [4.69, 9.17) is 0 Å². The Bertz CT molecular complexity index is 1200. The van der Waals surface area contributed by atoms with Crippen molar-refractivity contribution in [3.05, 3.63) is 70.3 Å². The van der Waals surface area contributed by atoms with Crippen molar-refractivity contribution in [2.45, 2.75) is 11.8 Å². The quantitative estimate of drug-likeness (QED) is 0.729. The minimum atomic E-state index is -3.68.